The smallest absolute Gasteiger partial charge is 0.182 e. The zero-order valence-corrected chi connectivity index (χ0v) is 14.8. The van der Waals surface area contributed by atoms with Crippen LogP contribution in [0.4, 0.5) is 0 Å². The van der Waals surface area contributed by atoms with Gasteiger partial charge in [0.25, 0.3) is 0 Å². The Labute approximate surface area is 158 Å². The predicted octanol–water partition coefficient (Wildman–Crippen LogP) is 4.14. The van der Waals surface area contributed by atoms with Crippen molar-refractivity contribution >= 4 is 23.2 Å². The maximum atomic E-state index is 6.39. The molecule has 0 saturated heterocycles. The van der Waals surface area contributed by atoms with E-state index in [1.807, 2.05) is 12.1 Å². The topological polar surface area (TPSA) is 70.7 Å². The molecule has 9 heteroatoms. The highest BCUT2D eigenvalue weighted by Gasteiger charge is 2.11. The third-order valence-electron chi connectivity index (χ3n) is 3.52. The van der Waals surface area contributed by atoms with E-state index in [2.05, 4.69) is 20.2 Å². The highest BCUT2D eigenvalue weighted by molar-refractivity contribution is 6.33. The third-order valence-corrected chi connectivity index (χ3v) is 4.09. The molecule has 0 aliphatic heterocycles. The number of aromatic nitrogens is 6. The van der Waals surface area contributed by atoms with Crippen molar-refractivity contribution in [2.45, 2.75) is 6.67 Å². The Morgan fingerprint density at radius 2 is 1.73 bits per heavy atom. The molecule has 4 rings (SSSR count). The lowest BCUT2D eigenvalue weighted by molar-refractivity contribution is 0.483. The Morgan fingerprint density at radius 3 is 2.46 bits per heavy atom. The molecule has 0 bridgehead atoms. The van der Waals surface area contributed by atoms with E-state index < -0.39 is 0 Å². The second-order valence-corrected chi connectivity index (χ2v) is 6.23. The minimum Gasteiger partial charge on any atom is -0.457 e. The minimum absolute atomic E-state index is 0.419. The summed E-state index contributed by atoms with van der Waals surface area (Å²) >= 11 is 12.3. The first-order valence-electron chi connectivity index (χ1n) is 7.62. The van der Waals surface area contributed by atoms with E-state index >= 15 is 0 Å². The molecule has 0 fully saturated rings. The van der Waals surface area contributed by atoms with Crippen LogP contribution in [-0.2, 0) is 6.67 Å². The van der Waals surface area contributed by atoms with E-state index in [9.17, 15) is 0 Å². The average molecular weight is 387 g/mol. The second-order valence-electron chi connectivity index (χ2n) is 5.38. The summed E-state index contributed by atoms with van der Waals surface area (Å²) < 4.78 is 9.07. The van der Waals surface area contributed by atoms with Gasteiger partial charge in [0.05, 0.1) is 5.02 Å². The Kier molecular flexibility index (Phi) is 4.55. The average Bonchev–Trinajstić information content (AvgIpc) is 3.30. The Balaban J connectivity index is 1.52. The van der Waals surface area contributed by atoms with Gasteiger partial charge >= 0.3 is 0 Å². The Hall–Kier alpha value is -2.90. The van der Waals surface area contributed by atoms with E-state index in [4.69, 9.17) is 27.9 Å². The summed E-state index contributed by atoms with van der Waals surface area (Å²) in [7, 11) is 0. The molecule has 2 aromatic heterocycles. The number of benzene rings is 2. The van der Waals surface area contributed by atoms with Crippen molar-refractivity contribution in [1.29, 1.82) is 0 Å². The van der Waals surface area contributed by atoms with E-state index in [-0.39, 0.29) is 0 Å². The first kappa shape index (κ1) is 16.6. The normalized spacial score (nSPS) is 10.8. The maximum absolute atomic E-state index is 6.39. The summed E-state index contributed by atoms with van der Waals surface area (Å²) in [5.74, 6) is 1.81. The van der Waals surface area contributed by atoms with Crippen LogP contribution in [0.3, 0.4) is 0 Å². The first-order chi connectivity index (χ1) is 12.7. The second kappa shape index (κ2) is 7.15. The Bertz CT molecular complexity index is 1010. The molecule has 4 aromatic rings. The predicted molar refractivity (Wildman–Crippen MR) is 97.4 cm³/mol. The van der Waals surface area contributed by atoms with Crippen LogP contribution in [0.5, 0.6) is 11.5 Å². The summed E-state index contributed by atoms with van der Waals surface area (Å²) in [6.07, 6.45) is 4.69. The summed E-state index contributed by atoms with van der Waals surface area (Å²) in [6, 6.07) is 12.5. The molecular weight excluding hydrogens is 375 g/mol. The van der Waals surface area contributed by atoms with E-state index in [1.54, 1.807) is 52.4 Å². The van der Waals surface area contributed by atoms with Crippen molar-refractivity contribution in [3.63, 3.8) is 0 Å². The molecule has 0 atom stereocenters. The molecule has 0 aliphatic carbocycles. The highest BCUT2D eigenvalue weighted by Crippen LogP contribution is 2.31. The molecule has 0 saturated carbocycles. The third kappa shape index (κ3) is 3.68. The quantitative estimate of drug-likeness (QED) is 0.515. The van der Waals surface area contributed by atoms with Crippen molar-refractivity contribution in [1.82, 2.24) is 29.5 Å². The molecule has 0 amide bonds. The lowest BCUT2D eigenvalue weighted by atomic mass is 10.2. The summed E-state index contributed by atoms with van der Waals surface area (Å²) in [4.78, 5) is 8.20. The van der Waals surface area contributed by atoms with Gasteiger partial charge in [0.15, 0.2) is 5.82 Å². The Morgan fingerprint density at radius 1 is 0.923 bits per heavy atom. The van der Waals surface area contributed by atoms with Crippen molar-refractivity contribution in [3.05, 3.63) is 71.5 Å². The number of nitrogens with zero attached hydrogens (tertiary/aromatic N) is 6. The number of hydrogen-bond acceptors (Lipinski definition) is 5. The molecule has 0 unspecified atom stereocenters. The van der Waals surface area contributed by atoms with Crippen LogP contribution >= 0.6 is 23.2 Å². The van der Waals surface area contributed by atoms with Gasteiger partial charge in [-0.15, -0.1) is 5.10 Å². The molecule has 0 spiro atoms. The fourth-order valence-electron chi connectivity index (χ4n) is 2.32. The van der Waals surface area contributed by atoms with Gasteiger partial charge in [-0.2, -0.15) is 5.10 Å². The zero-order valence-electron chi connectivity index (χ0n) is 13.3. The van der Waals surface area contributed by atoms with Crippen LogP contribution in [0.25, 0.3) is 11.4 Å². The van der Waals surface area contributed by atoms with Gasteiger partial charge in [0.2, 0.25) is 0 Å². The lowest BCUT2D eigenvalue weighted by Gasteiger charge is -2.07. The van der Waals surface area contributed by atoms with Crippen molar-refractivity contribution in [2.75, 3.05) is 0 Å². The van der Waals surface area contributed by atoms with E-state index in [0.717, 1.165) is 0 Å². The van der Waals surface area contributed by atoms with Gasteiger partial charge in [-0.1, -0.05) is 23.2 Å². The van der Waals surface area contributed by atoms with Crippen molar-refractivity contribution in [3.8, 4) is 22.9 Å². The zero-order chi connectivity index (χ0) is 17.9. The fourth-order valence-corrected chi connectivity index (χ4v) is 2.70. The van der Waals surface area contributed by atoms with Gasteiger partial charge in [0.1, 0.15) is 37.1 Å². The number of ether oxygens (including phenoxy) is 1. The van der Waals surface area contributed by atoms with Gasteiger partial charge in [0, 0.05) is 16.7 Å². The SMILES string of the molecule is Clc1ccc(Oc2ccc(-c3ncn(Cn4cncn4)n3)c(Cl)c2)cc1. The molecule has 130 valence electrons. The summed E-state index contributed by atoms with van der Waals surface area (Å²) in [5.41, 5.74) is 0.715. The monoisotopic (exact) mass is 386 g/mol. The molecule has 2 aromatic carbocycles. The minimum atomic E-state index is 0.419. The number of hydrogen-bond donors (Lipinski definition) is 0. The van der Waals surface area contributed by atoms with E-state index in [0.29, 0.717) is 39.6 Å². The van der Waals surface area contributed by atoms with Crippen LogP contribution in [0.2, 0.25) is 10.0 Å². The largest absolute Gasteiger partial charge is 0.457 e. The molecule has 0 aliphatic rings. The van der Waals surface area contributed by atoms with Crippen LogP contribution in [0, 0.1) is 0 Å². The van der Waals surface area contributed by atoms with Crippen LogP contribution < -0.4 is 4.74 Å². The molecule has 26 heavy (non-hydrogen) atoms. The standard InChI is InChI=1S/C17H12Cl2N6O/c18-12-1-3-13(4-2-12)26-14-5-6-15(16(19)7-14)17-21-10-25(23-17)11-24-9-20-8-22-24/h1-10H,11H2. The van der Waals surface area contributed by atoms with Crippen LogP contribution in [0.1, 0.15) is 0 Å². The van der Waals surface area contributed by atoms with E-state index in [1.165, 1.54) is 6.33 Å². The molecule has 2 heterocycles. The summed E-state index contributed by atoms with van der Waals surface area (Å²) in [5, 5.41) is 9.60. The van der Waals surface area contributed by atoms with Crippen LogP contribution in [0.15, 0.2) is 61.4 Å². The molecule has 0 radical (unpaired) electrons. The maximum Gasteiger partial charge on any atom is 0.182 e. The number of halogens is 2. The number of rotatable bonds is 5. The van der Waals surface area contributed by atoms with Crippen molar-refractivity contribution in [2.24, 2.45) is 0 Å². The lowest BCUT2D eigenvalue weighted by Crippen LogP contribution is -2.08. The fraction of sp³-hybridized carbons (Fsp3) is 0.0588. The molecular formula is C17H12Cl2N6O. The summed E-state index contributed by atoms with van der Waals surface area (Å²) in [6.45, 7) is 0.419. The first-order valence-corrected chi connectivity index (χ1v) is 8.38. The van der Waals surface area contributed by atoms with Gasteiger partial charge in [-0.25, -0.2) is 19.3 Å². The molecule has 0 N–H and O–H groups in total. The van der Waals surface area contributed by atoms with Crippen LogP contribution in [-0.4, -0.2) is 29.5 Å². The van der Waals surface area contributed by atoms with Gasteiger partial charge in [-0.05, 0) is 36.4 Å². The van der Waals surface area contributed by atoms with Gasteiger partial charge < -0.3 is 4.74 Å². The highest BCUT2D eigenvalue weighted by atomic mass is 35.5. The van der Waals surface area contributed by atoms with Gasteiger partial charge in [-0.3, -0.25) is 0 Å². The van der Waals surface area contributed by atoms with Crippen molar-refractivity contribution < 1.29 is 4.74 Å². The molecule has 7 nitrogen and oxygen atoms in total.